The van der Waals surface area contributed by atoms with Gasteiger partial charge < -0.3 is 5.11 Å². The van der Waals surface area contributed by atoms with Crippen LogP contribution in [0.3, 0.4) is 0 Å². The molecule has 0 spiro atoms. The van der Waals surface area contributed by atoms with Gasteiger partial charge in [0.2, 0.25) is 0 Å². The van der Waals surface area contributed by atoms with Crippen LogP contribution in [-0.4, -0.2) is 35.0 Å². The molecule has 0 amide bonds. The van der Waals surface area contributed by atoms with E-state index in [1.165, 1.54) is 11.3 Å². The van der Waals surface area contributed by atoms with Crippen molar-refractivity contribution in [3.05, 3.63) is 69.0 Å². The maximum atomic E-state index is 9.91. The van der Waals surface area contributed by atoms with Crippen LogP contribution in [0.4, 0.5) is 0 Å². The number of benzene rings is 1. The van der Waals surface area contributed by atoms with Gasteiger partial charge in [-0.3, -0.25) is 0 Å². The minimum absolute atomic E-state index is 0.0767. The third-order valence-electron chi connectivity index (χ3n) is 5.65. The summed E-state index contributed by atoms with van der Waals surface area (Å²) in [4.78, 5) is 29.5. The standard InChI is InChI=1S/C25H14N6OS6/c32-12-13-11-31-25(38-13)19-17(23-29-4-9-36-23)15(21-27-2-7-34-21)14(20-26-1-6-33-20)16(22-28-3-8-35-22)18(19)24-30-5-10-37-24/h1-11,32H,12H2. The minimum Gasteiger partial charge on any atom is -0.391 e. The van der Waals surface area contributed by atoms with E-state index in [1.54, 1.807) is 62.9 Å². The van der Waals surface area contributed by atoms with Crippen molar-refractivity contribution in [1.82, 2.24) is 29.9 Å². The topological polar surface area (TPSA) is 97.6 Å². The second kappa shape index (κ2) is 10.3. The van der Waals surface area contributed by atoms with Crippen molar-refractivity contribution in [3.63, 3.8) is 0 Å². The van der Waals surface area contributed by atoms with Crippen molar-refractivity contribution in [3.8, 4) is 63.4 Å². The molecule has 0 aliphatic carbocycles. The van der Waals surface area contributed by atoms with Gasteiger partial charge in [0.15, 0.2) is 0 Å². The van der Waals surface area contributed by atoms with Crippen LogP contribution in [0.1, 0.15) is 4.88 Å². The van der Waals surface area contributed by atoms with E-state index in [4.69, 9.17) is 29.9 Å². The number of thiazole rings is 6. The Hall–Kier alpha value is -3.04. The Kier molecular flexibility index (Phi) is 6.49. The molecule has 7 rings (SSSR count). The van der Waals surface area contributed by atoms with Crippen LogP contribution in [0.2, 0.25) is 0 Å². The molecule has 1 N–H and O–H groups in total. The number of hydrogen-bond donors (Lipinski definition) is 1. The Bertz CT molecular complexity index is 1690. The van der Waals surface area contributed by atoms with Crippen molar-refractivity contribution in [2.75, 3.05) is 0 Å². The van der Waals surface area contributed by atoms with Crippen LogP contribution in [0.25, 0.3) is 63.4 Å². The highest BCUT2D eigenvalue weighted by molar-refractivity contribution is 7.17. The highest BCUT2D eigenvalue weighted by atomic mass is 32.1. The largest absolute Gasteiger partial charge is 0.391 e. The summed E-state index contributed by atoms with van der Waals surface area (Å²) >= 11 is 9.35. The number of aliphatic hydroxyl groups is 1. The number of aliphatic hydroxyl groups excluding tert-OH is 1. The molecular weight excluding hydrogens is 593 g/mol. The molecule has 0 unspecified atom stereocenters. The van der Waals surface area contributed by atoms with Gasteiger partial charge in [-0.05, 0) is 0 Å². The first-order valence-corrected chi connectivity index (χ1v) is 16.3. The molecule has 0 atom stereocenters. The van der Waals surface area contributed by atoms with Gasteiger partial charge in [0, 0.05) is 97.5 Å². The quantitative estimate of drug-likeness (QED) is 0.197. The lowest BCUT2D eigenvalue weighted by Crippen LogP contribution is -2.01. The van der Waals surface area contributed by atoms with E-state index in [9.17, 15) is 5.11 Å². The molecule has 1 aromatic carbocycles. The molecular formula is C25H14N6OS6. The maximum absolute atomic E-state index is 9.91. The van der Waals surface area contributed by atoms with Crippen LogP contribution in [-0.2, 0) is 6.61 Å². The lowest BCUT2D eigenvalue weighted by molar-refractivity contribution is 0.285. The third kappa shape index (κ3) is 4.07. The molecule has 7 nitrogen and oxygen atoms in total. The molecule has 0 fully saturated rings. The first-order chi connectivity index (χ1) is 18.8. The highest BCUT2D eigenvalue weighted by Crippen LogP contribution is 2.57. The van der Waals surface area contributed by atoms with Gasteiger partial charge >= 0.3 is 0 Å². The number of rotatable bonds is 7. The van der Waals surface area contributed by atoms with E-state index in [1.807, 2.05) is 57.9 Å². The van der Waals surface area contributed by atoms with Crippen molar-refractivity contribution in [2.24, 2.45) is 0 Å². The van der Waals surface area contributed by atoms with E-state index in [-0.39, 0.29) is 6.61 Å². The first kappa shape index (κ1) is 24.0. The predicted molar refractivity (Wildman–Crippen MR) is 159 cm³/mol. The van der Waals surface area contributed by atoms with Crippen molar-refractivity contribution in [2.45, 2.75) is 6.61 Å². The molecule has 0 saturated heterocycles. The average molecular weight is 607 g/mol. The molecule has 0 aliphatic rings. The number of aromatic nitrogens is 6. The second-order valence-electron chi connectivity index (χ2n) is 7.73. The zero-order valence-electron chi connectivity index (χ0n) is 19.1. The Morgan fingerprint density at radius 1 is 0.447 bits per heavy atom. The fourth-order valence-corrected chi connectivity index (χ4v) is 8.57. The third-order valence-corrected chi connectivity index (χ3v) is 10.6. The Morgan fingerprint density at radius 3 is 1.00 bits per heavy atom. The zero-order valence-corrected chi connectivity index (χ0v) is 24.0. The monoisotopic (exact) mass is 606 g/mol. The molecule has 38 heavy (non-hydrogen) atoms. The summed E-state index contributed by atoms with van der Waals surface area (Å²) in [6, 6.07) is 0. The Morgan fingerprint density at radius 2 is 0.763 bits per heavy atom. The molecule has 13 heteroatoms. The predicted octanol–water partition coefficient (Wildman–Crippen LogP) is 7.92. The lowest BCUT2D eigenvalue weighted by Gasteiger charge is -2.22. The molecule has 0 saturated carbocycles. The molecule has 0 radical (unpaired) electrons. The van der Waals surface area contributed by atoms with Crippen LogP contribution in [0, 0.1) is 0 Å². The first-order valence-electron chi connectivity index (χ1n) is 11.1. The van der Waals surface area contributed by atoms with Gasteiger partial charge in [0.1, 0.15) is 30.0 Å². The zero-order chi connectivity index (χ0) is 25.5. The SMILES string of the molecule is OCc1cnc(-c2c(-c3nccs3)c(-c3nccs3)c(-c3nccs3)c(-c3nccs3)c2-c2nccs2)s1. The van der Waals surface area contributed by atoms with E-state index in [0.29, 0.717) is 0 Å². The summed E-state index contributed by atoms with van der Waals surface area (Å²) in [7, 11) is 0. The fourth-order valence-electron chi connectivity index (χ4n) is 4.26. The highest BCUT2D eigenvalue weighted by Gasteiger charge is 2.34. The van der Waals surface area contributed by atoms with Gasteiger partial charge in [-0.15, -0.1) is 68.0 Å². The smallest absolute Gasteiger partial charge is 0.125 e. The van der Waals surface area contributed by atoms with Crippen LogP contribution < -0.4 is 0 Å². The molecule has 186 valence electrons. The second-order valence-corrected chi connectivity index (χ2v) is 13.3. The van der Waals surface area contributed by atoms with Crippen LogP contribution in [0.15, 0.2) is 64.1 Å². The van der Waals surface area contributed by atoms with Crippen LogP contribution >= 0.6 is 68.0 Å². The summed E-state index contributed by atoms with van der Waals surface area (Å²) in [5.41, 5.74) is 5.64. The van der Waals surface area contributed by atoms with Crippen LogP contribution in [0.5, 0.6) is 0 Å². The Balaban J connectivity index is 1.77. The molecule has 0 aliphatic heterocycles. The van der Waals surface area contributed by atoms with Crippen molar-refractivity contribution >= 4 is 68.0 Å². The average Bonchev–Trinajstić information content (AvgIpc) is 3.81. The van der Waals surface area contributed by atoms with Crippen molar-refractivity contribution < 1.29 is 5.11 Å². The van der Waals surface area contributed by atoms with Gasteiger partial charge in [-0.1, -0.05) is 0 Å². The molecule has 6 aromatic heterocycles. The maximum Gasteiger partial charge on any atom is 0.125 e. The summed E-state index contributed by atoms with van der Waals surface area (Å²) in [5, 5.41) is 24.9. The van der Waals surface area contributed by atoms with Gasteiger partial charge in [-0.2, -0.15) is 0 Å². The van der Waals surface area contributed by atoms with Gasteiger partial charge in [0.25, 0.3) is 0 Å². The number of nitrogens with zero attached hydrogens (tertiary/aromatic N) is 6. The number of hydrogen-bond acceptors (Lipinski definition) is 13. The Labute approximate surface area is 240 Å². The lowest BCUT2D eigenvalue weighted by atomic mass is 9.86. The van der Waals surface area contributed by atoms with Gasteiger partial charge in [-0.25, -0.2) is 29.9 Å². The van der Waals surface area contributed by atoms with Gasteiger partial charge in [0.05, 0.1) is 11.5 Å². The molecule has 6 heterocycles. The minimum atomic E-state index is -0.0767. The summed E-state index contributed by atoms with van der Waals surface area (Å²) in [6.07, 6.45) is 10.8. The van der Waals surface area contributed by atoms with E-state index < -0.39 is 0 Å². The normalized spacial score (nSPS) is 11.4. The summed E-state index contributed by atoms with van der Waals surface area (Å²) in [5.74, 6) is 0. The molecule has 0 bridgehead atoms. The molecule has 7 aromatic rings. The summed E-state index contributed by atoms with van der Waals surface area (Å²) < 4.78 is 0. The van der Waals surface area contributed by atoms with E-state index in [2.05, 4.69) is 0 Å². The van der Waals surface area contributed by atoms with E-state index >= 15 is 0 Å². The van der Waals surface area contributed by atoms with Crippen molar-refractivity contribution in [1.29, 1.82) is 0 Å². The van der Waals surface area contributed by atoms with E-state index in [0.717, 1.165) is 68.3 Å². The fraction of sp³-hybridized carbons (Fsp3) is 0.0400. The summed E-state index contributed by atoms with van der Waals surface area (Å²) in [6.45, 7) is -0.0767.